The number of carbonyl (C=O) groups is 3. The molecule has 0 aliphatic carbocycles. The van der Waals surface area contributed by atoms with E-state index in [1.807, 2.05) is 18.2 Å². The van der Waals surface area contributed by atoms with Crippen LogP contribution in [0.1, 0.15) is 27.0 Å². The van der Waals surface area contributed by atoms with Gasteiger partial charge in [-0.15, -0.1) is 0 Å². The summed E-state index contributed by atoms with van der Waals surface area (Å²) in [5, 5.41) is -0.466. The third-order valence-electron chi connectivity index (χ3n) is 6.12. The Balaban J connectivity index is 1.43. The standard InChI is InChI=1S/C29H27FN2O5S/c1-31(14-13-19-11-12-24(36-2)25(16-19)37-3)27(33)21-9-6-7-20(15-21)17-26-28(34)32(29(35)38-26)18-22-8-4-5-10-23(22)30/h4-12,15-17H,13-14,18H2,1-3H3/b26-17-. The van der Waals surface area contributed by atoms with Crippen molar-refractivity contribution in [2.24, 2.45) is 0 Å². The average Bonchev–Trinajstić information content (AvgIpc) is 3.19. The molecule has 3 aromatic rings. The van der Waals surface area contributed by atoms with Crippen LogP contribution < -0.4 is 9.47 Å². The van der Waals surface area contributed by atoms with Crippen molar-refractivity contribution < 1.29 is 28.2 Å². The number of nitrogens with zero attached hydrogens (tertiary/aromatic N) is 2. The fourth-order valence-electron chi connectivity index (χ4n) is 4.00. The highest BCUT2D eigenvalue weighted by atomic mass is 32.2. The third-order valence-corrected chi connectivity index (χ3v) is 7.03. The van der Waals surface area contributed by atoms with E-state index in [2.05, 4.69) is 0 Å². The molecule has 1 fully saturated rings. The number of imide groups is 1. The number of methoxy groups -OCH3 is 2. The van der Waals surface area contributed by atoms with Crippen LogP contribution >= 0.6 is 11.8 Å². The van der Waals surface area contributed by atoms with E-state index in [9.17, 15) is 18.8 Å². The minimum Gasteiger partial charge on any atom is -0.493 e. The Morgan fingerprint density at radius 1 is 1.00 bits per heavy atom. The molecular formula is C29H27FN2O5S. The van der Waals surface area contributed by atoms with Crippen LogP contribution in [0.15, 0.2) is 71.6 Å². The zero-order valence-electron chi connectivity index (χ0n) is 21.3. The monoisotopic (exact) mass is 534 g/mol. The van der Waals surface area contributed by atoms with E-state index >= 15 is 0 Å². The maximum Gasteiger partial charge on any atom is 0.293 e. The zero-order chi connectivity index (χ0) is 27.2. The Morgan fingerprint density at radius 2 is 1.76 bits per heavy atom. The molecule has 1 heterocycles. The molecule has 0 saturated carbocycles. The highest BCUT2D eigenvalue weighted by molar-refractivity contribution is 8.18. The Morgan fingerprint density at radius 3 is 2.50 bits per heavy atom. The molecule has 0 atom stereocenters. The molecule has 1 saturated heterocycles. The van der Waals surface area contributed by atoms with Gasteiger partial charge in [0.15, 0.2) is 11.5 Å². The van der Waals surface area contributed by atoms with Gasteiger partial charge in [-0.2, -0.15) is 0 Å². The number of likely N-dealkylation sites (N-methyl/N-ethyl adjacent to an activating group) is 1. The van der Waals surface area contributed by atoms with Crippen LogP contribution in [0.4, 0.5) is 9.18 Å². The average molecular weight is 535 g/mol. The summed E-state index contributed by atoms with van der Waals surface area (Å²) in [6, 6.07) is 18.5. The number of benzene rings is 3. The number of amides is 3. The van der Waals surface area contributed by atoms with Crippen LogP contribution in [0.5, 0.6) is 11.5 Å². The number of rotatable bonds is 9. The molecule has 3 amide bonds. The first-order chi connectivity index (χ1) is 18.3. The van der Waals surface area contributed by atoms with E-state index in [-0.39, 0.29) is 22.9 Å². The van der Waals surface area contributed by atoms with E-state index in [4.69, 9.17) is 9.47 Å². The lowest BCUT2D eigenvalue weighted by Crippen LogP contribution is -2.28. The zero-order valence-corrected chi connectivity index (χ0v) is 22.1. The summed E-state index contributed by atoms with van der Waals surface area (Å²) >= 11 is 0.795. The van der Waals surface area contributed by atoms with Crippen molar-refractivity contribution in [2.75, 3.05) is 27.8 Å². The van der Waals surface area contributed by atoms with Gasteiger partial charge in [0.2, 0.25) is 0 Å². The minimum absolute atomic E-state index is 0.141. The second kappa shape index (κ2) is 12.0. The number of thioether (sulfide) groups is 1. The molecule has 0 spiro atoms. The Bertz CT molecular complexity index is 1410. The first-order valence-corrected chi connectivity index (χ1v) is 12.7. The Kier molecular flexibility index (Phi) is 8.48. The summed E-state index contributed by atoms with van der Waals surface area (Å²) in [5.74, 6) is 0.130. The van der Waals surface area contributed by atoms with E-state index in [1.54, 1.807) is 74.7 Å². The van der Waals surface area contributed by atoms with Gasteiger partial charge in [-0.25, -0.2) is 4.39 Å². The van der Waals surface area contributed by atoms with Crippen molar-refractivity contribution in [3.63, 3.8) is 0 Å². The fourth-order valence-corrected chi connectivity index (χ4v) is 4.84. The second-order valence-corrected chi connectivity index (χ2v) is 9.64. The lowest BCUT2D eigenvalue weighted by atomic mass is 10.1. The SMILES string of the molecule is COc1ccc(CCN(C)C(=O)c2cccc(/C=C3\SC(=O)N(Cc4ccccc4F)C3=O)c2)cc1OC. The van der Waals surface area contributed by atoms with Crippen LogP contribution in [-0.4, -0.2) is 54.7 Å². The summed E-state index contributed by atoms with van der Waals surface area (Å²) in [6.45, 7) is 0.339. The molecule has 1 aliphatic heterocycles. The molecule has 1 aliphatic rings. The number of halogens is 1. The quantitative estimate of drug-likeness (QED) is 0.343. The summed E-state index contributed by atoms with van der Waals surface area (Å²) in [6.07, 6.45) is 2.20. The van der Waals surface area contributed by atoms with Crippen LogP contribution in [0.25, 0.3) is 6.08 Å². The van der Waals surface area contributed by atoms with Gasteiger partial charge in [0, 0.05) is 24.7 Å². The molecule has 0 unspecified atom stereocenters. The molecule has 4 rings (SSSR count). The third kappa shape index (κ3) is 6.06. The molecule has 0 aromatic heterocycles. The lowest BCUT2D eigenvalue weighted by Gasteiger charge is -2.18. The van der Waals surface area contributed by atoms with Crippen LogP contribution in [0.2, 0.25) is 0 Å². The number of hydrogen-bond donors (Lipinski definition) is 0. The van der Waals surface area contributed by atoms with Crippen molar-refractivity contribution in [3.05, 3.63) is 99.7 Å². The minimum atomic E-state index is -0.493. The number of hydrogen-bond acceptors (Lipinski definition) is 6. The first-order valence-electron chi connectivity index (χ1n) is 11.9. The van der Waals surface area contributed by atoms with Crippen LogP contribution in [-0.2, 0) is 17.8 Å². The highest BCUT2D eigenvalue weighted by Gasteiger charge is 2.35. The van der Waals surface area contributed by atoms with Crippen molar-refractivity contribution in [2.45, 2.75) is 13.0 Å². The first kappa shape index (κ1) is 26.9. The van der Waals surface area contributed by atoms with Gasteiger partial charge < -0.3 is 14.4 Å². The van der Waals surface area contributed by atoms with Gasteiger partial charge in [-0.1, -0.05) is 36.4 Å². The van der Waals surface area contributed by atoms with Gasteiger partial charge in [-0.05, 0) is 65.7 Å². The van der Waals surface area contributed by atoms with Crippen LogP contribution in [0, 0.1) is 5.82 Å². The molecule has 196 valence electrons. The maximum absolute atomic E-state index is 14.0. The topological polar surface area (TPSA) is 76.2 Å². The van der Waals surface area contributed by atoms with Gasteiger partial charge in [0.1, 0.15) is 5.82 Å². The molecule has 0 bridgehead atoms. The van der Waals surface area contributed by atoms with Gasteiger partial charge in [-0.3, -0.25) is 19.3 Å². The predicted octanol–water partition coefficient (Wildman–Crippen LogP) is 5.39. The van der Waals surface area contributed by atoms with Crippen molar-refractivity contribution in [3.8, 4) is 11.5 Å². The van der Waals surface area contributed by atoms with E-state index in [1.165, 1.54) is 6.07 Å². The van der Waals surface area contributed by atoms with Gasteiger partial charge >= 0.3 is 0 Å². The smallest absolute Gasteiger partial charge is 0.293 e. The van der Waals surface area contributed by atoms with E-state index in [0.717, 1.165) is 22.2 Å². The molecule has 9 heteroatoms. The summed E-state index contributed by atoms with van der Waals surface area (Å²) in [5.41, 5.74) is 2.33. The molecule has 0 N–H and O–H groups in total. The summed E-state index contributed by atoms with van der Waals surface area (Å²) in [4.78, 5) is 41.3. The van der Waals surface area contributed by atoms with Crippen molar-refractivity contribution in [1.82, 2.24) is 9.80 Å². The highest BCUT2D eigenvalue weighted by Crippen LogP contribution is 2.34. The van der Waals surface area contributed by atoms with Crippen LogP contribution in [0.3, 0.4) is 0 Å². The molecular weight excluding hydrogens is 507 g/mol. The van der Waals surface area contributed by atoms with Gasteiger partial charge in [0.25, 0.3) is 17.1 Å². The summed E-state index contributed by atoms with van der Waals surface area (Å²) in [7, 11) is 4.88. The number of ether oxygens (including phenoxy) is 2. The fraction of sp³-hybridized carbons (Fsp3) is 0.207. The normalized spacial score (nSPS) is 14.2. The predicted molar refractivity (Wildman–Crippen MR) is 145 cm³/mol. The second-order valence-electron chi connectivity index (χ2n) is 8.65. The van der Waals surface area contributed by atoms with Crippen molar-refractivity contribution >= 4 is 34.9 Å². The van der Waals surface area contributed by atoms with Crippen molar-refractivity contribution in [1.29, 1.82) is 0 Å². The Labute approximate surface area is 224 Å². The maximum atomic E-state index is 14.0. The largest absolute Gasteiger partial charge is 0.493 e. The molecule has 3 aromatic carbocycles. The Hall–Kier alpha value is -4.11. The lowest BCUT2D eigenvalue weighted by molar-refractivity contribution is -0.123. The summed E-state index contributed by atoms with van der Waals surface area (Å²) < 4.78 is 24.6. The number of carbonyl (C=O) groups excluding carboxylic acids is 3. The molecule has 0 radical (unpaired) electrons. The molecule has 38 heavy (non-hydrogen) atoms. The molecule has 7 nitrogen and oxygen atoms in total. The van der Waals surface area contributed by atoms with E-state index < -0.39 is 17.0 Å². The van der Waals surface area contributed by atoms with Gasteiger partial charge in [0.05, 0.1) is 25.7 Å². The van der Waals surface area contributed by atoms with E-state index in [0.29, 0.717) is 35.6 Å².